The lowest BCUT2D eigenvalue weighted by Gasteiger charge is -2.03. The molecule has 0 unspecified atom stereocenters. The normalized spacial score (nSPS) is 10.9. The number of aryl methyl sites for hydroxylation is 3. The van der Waals surface area contributed by atoms with Crippen LogP contribution < -0.4 is 5.32 Å². The van der Waals surface area contributed by atoms with Crippen molar-refractivity contribution in [2.45, 2.75) is 20.8 Å². The number of hydrogen-bond donors (Lipinski definition) is 1. The smallest absolute Gasteiger partial charge is 0.267 e. The molecule has 1 amide bonds. The molecule has 0 spiro atoms. The second kappa shape index (κ2) is 4.96. The molecule has 0 bridgehead atoms. The van der Waals surface area contributed by atoms with Crippen LogP contribution in [0.25, 0.3) is 10.2 Å². The van der Waals surface area contributed by atoms with Gasteiger partial charge in [0.25, 0.3) is 5.91 Å². The van der Waals surface area contributed by atoms with E-state index in [1.54, 1.807) is 11.3 Å². The van der Waals surface area contributed by atoms with Crippen LogP contribution in [-0.2, 0) is 0 Å². The molecule has 0 saturated heterocycles. The van der Waals surface area contributed by atoms with Gasteiger partial charge in [-0.15, -0.1) is 22.7 Å². The second-order valence-electron chi connectivity index (χ2n) is 4.52. The Kier molecular flexibility index (Phi) is 3.27. The molecule has 0 aliphatic heterocycles. The van der Waals surface area contributed by atoms with Crippen molar-refractivity contribution in [3.05, 3.63) is 38.8 Å². The molecule has 1 aromatic carbocycles. The van der Waals surface area contributed by atoms with Gasteiger partial charge in [-0.3, -0.25) is 4.79 Å². The summed E-state index contributed by atoms with van der Waals surface area (Å²) in [7, 11) is 0. The maximum Gasteiger partial charge on any atom is 0.267 e. The quantitative estimate of drug-likeness (QED) is 0.780. The van der Waals surface area contributed by atoms with E-state index in [-0.39, 0.29) is 5.91 Å². The Bertz CT molecular complexity index is 804. The number of rotatable bonds is 2. The zero-order valence-corrected chi connectivity index (χ0v) is 13.0. The van der Waals surface area contributed by atoms with Crippen LogP contribution in [0.4, 0.5) is 5.69 Å². The molecule has 1 N–H and O–H groups in total. The molecule has 6 heteroatoms. The summed E-state index contributed by atoms with van der Waals surface area (Å²) < 4.78 is 1.08. The topological polar surface area (TPSA) is 54.9 Å². The van der Waals surface area contributed by atoms with Gasteiger partial charge in [-0.25, -0.2) is 9.97 Å². The molecule has 102 valence electrons. The van der Waals surface area contributed by atoms with Gasteiger partial charge >= 0.3 is 0 Å². The molecule has 2 heterocycles. The fourth-order valence-electron chi connectivity index (χ4n) is 2.05. The van der Waals surface area contributed by atoms with E-state index in [2.05, 4.69) is 15.3 Å². The molecule has 3 rings (SSSR count). The number of nitrogens with zero attached hydrogens (tertiary/aromatic N) is 2. The molecule has 0 aliphatic rings. The highest BCUT2D eigenvalue weighted by atomic mass is 32.1. The first-order valence-electron chi connectivity index (χ1n) is 6.15. The third-order valence-electron chi connectivity index (χ3n) is 2.86. The highest BCUT2D eigenvalue weighted by Gasteiger charge is 2.14. The van der Waals surface area contributed by atoms with Crippen molar-refractivity contribution < 1.29 is 4.79 Å². The largest absolute Gasteiger partial charge is 0.321 e. The molecular formula is C14H13N3OS2. The summed E-state index contributed by atoms with van der Waals surface area (Å²) in [6.45, 7) is 5.74. The molecule has 0 aliphatic carbocycles. The van der Waals surface area contributed by atoms with E-state index in [0.29, 0.717) is 4.88 Å². The summed E-state index contributed by atoms with van der Waals surface area (Å²) in [6.07, 6.45) is 0. The summed E-state index contributed by atoms with van der Waals surface area (Å²) in [5, 5.41) is 4.85. The van der Waals surface area contributed by atoms with Gasteiger partial charge in [0, 0.05) is 5.69 Å². The summed E-state index contributed by atoms with van der Waals surface area (Å²) in [4.78, 5) is 21.6. The van der Waals surface area contributed by atoms with Crippen LogP contribution in [0.3, 0.4) is 0 Å². The summed E-state index contributed by atoms with van der Waals surface area (Å²) in [6, 6.07) is 5.77. The molecule has 20 heavy (non-hydrogen) atoms. The number of carbonyl (C=O) groups excluding carboxylic acids is 1. The standard InChI is InChI=1S/C14H13N3OS2/c1-7-13(20-8(2)15-7)14(18)17-10-4-5-11-12(6-10)19-9(3)16-11/h4-6H,1-3H3,(H,17,18). The molecule has 2 aromatic heterocycles. The Labute approximate surface area is 124 Å². The highest BCUT2D eigenvalue weighted by molar-refractivity contribution is 7.18. The van der Waals surface area contributed by atoms with Crippen molar-refractivity contribution in [1.82, 2.24) is 9.97 Å². The number of thiazole rings is 2. The lowest BCUT2D eigenvalue weighted by Crippen LogP contribution is -2.11. The Balaban J connectivity index is 1.88. The molecule has 3 aromatic rings. The van der Waals surface area contributed by atoms with Crippen LogP contribution in [0.1, 0.15) is 25.4 Å². The minimum absolute atomic E-state index is 0.103. The average Bonchev–Trinajstić information content (AvgIpc) is 2.90. The maximum absolute atomic E-state index is 12.2. The van der Waals surface area contributed by atoms with E-state index in [0.717, 1.165) is 31.6 Å². The van der Waals surface area contributed by atoms with E-state index in [1.807, 2.05) is 39.0 Å². The maximum atomic E-state index is 12.2. The van der Waals surface area contributed by atoms with Crippen LogP contribution in [0.5, 0.6) is 0 Å². The van der Waals surface area contributed by atoms with Gasteiger partial charge < -0.3 is 5.32 Å². The SMILES string of the molecule is Cc1nc(C)c(C(=O)Nc2ccc3nc(C)sc3c2)s1. The number of fused-ring (bicyclic) bond motifs is 1. The van der Waals surface area contributed by atoms with Crippen molar-refractivity contribution in [1.29, 1.82) is 0 Å². The van der Waals surface area contributed by atoms with Crippen LogP contribution in [0.2, 0.25) is 0 Å². The van der Waals surface area contributed by atoms with Gasteiger partial charge in [-0.1, -0.05) is 0 Å². The molecule has 0 fully saturated rings. The van der Waals surface area contributed by atoms with E-state index >= 15 is 0 Å². The first-order valence-corrected chi connectivity index (χ1v) is 7.79. The highest BCUT2D eigenvalue weighted by Crippen LogP contribution is 2.25. The van der Waals surface area contributed by atoms with Gasteiger partial charge in [0.1, 0.15) is 4.88 Å². The molecule has 0 saturated carbocycles. The van der Waals surface area contributed by atoms with E-state index in [9.17, 15) is 4.79 Å². The van der Waals surface area contributed by atoms with Crippen LogP contribution in [-0.4, -0.2) is 15.9 Å². The number of benzene rings is 1. The number of anilines is 1. The number of aromatic nitrogens is 2. The first kappa shape index (κ1) is 13.2. The lowest BCUT2D eigenvalue weighted by molar-refractivity contribution is 0.103. The summed E-state index contributed by atoms with van der Waals surface area (Å²) in [5.41, 5.74) is 2.53. The third-order valence-corrected chi connectivity index (χ3v) is 4.87. The van der Waals surface area contributed by atoms with Gasteiger partial charge in [-0.2, -0.15) is 0 Å². The van der Waals surface area contributed by atoms with E-state index < -0.39 is 0 Å². The van der Waals surface area contributed by atoms with Crippen molar-refractivity contribution in [3.63, 3.8) is 0 Å². The van der Waals surface area contributed by atoms with Gasteiger partial charge in [0.2, 0.25) is 0 Å². The third kappa shape index (κ3) is 2.44. The van der Waals surface area contributed by atoms with E-state index in [4.69, 9.17) is 0 Å². The lowest BCUT2D eigenvalue weighted by atomic mass is 10.3. The van der Waals surface area contributed by atoms with Crippen molar-refractivity contribution in [2.24, 2.45) is 0 Å². The van der Waals surface area contributed by atoms with Crippen LogP contribution in [0, 0.1) is 20.8 Å². The average molecular weight is 303 g/mol. The Morgan fingerprint density at radius 3 is 2.55 bits per heavy atom. The fraction of sp³-hybridized carbons (Fsp3) is 0.214. The summed E-state index contributed by atoms with van der Waals surface area (Å²) >= 11 is 3.04. The Morgan fingerprint density at radius 2 is 1.85 bits per heavy atom. The minimum Gasteiger partial charge on any atom is -0.321 e. The fourth-order valence-corrected chi connectivity index (χ4v) is 3.73. The number of nitrogens with one attached hydrogen (secondary N) is 1. The Hall–Kier alpha value is -1.79. The predicted octanol–water partition coefficient (Wildman–Crippen LogP) is 3.93. The zero-order chi connectivity index (χ0) is 14.3. The number of carbonyl (C=O) groups is 1. The molecule has 0 radical (unpaired) electrons. The van der Waals surface area contributed by atoms with Crippen molar-refractivity contribution >= 4 is 44.5 Å². The van der Waals surface area contributed by atoms with Gasteiger partial charge in [0.05, 0.1) is 25.9 Å². The first-order chi connectivity index (χ1) is 9.52. The number of hydrogen-bond acceptors (Lipinski definition) is 5. The second-order valence-corrected chi connectivity index (χ2v) is 6.95. The summed E-state index contributed by atoms with van der Waals surface area (Å²) in [5.74, 6) is -0.103. The molecule has 4 nitrogen and oxygen atoms in total. The number of amides is 1. The predicted molar refractivity (Wildman–Crippen MR) is 83.9 cm³/mol. The van der Waals surface area contributed by atoms with Crippen molar-refractivity contribution in [2.75, 3.05) is 5.32 Å². The molecular weight excluding hydrogens is 290 g/mol. The molecule has 0 atom stereocenters. The zero-order valence-electron chi connectivity index (χ0n) is 11.4. The van der Waals surface area contributed by atoms with Crippen LogP contribution in [0.15, 0.2) is 18.2 Å². The monoisotopic (exact) mass is 303 g/mol. The van der Waals surface area contributed by atoms with Crippen molar-refractivity contribution in [3.8, 4) is 0 Å². The van der Waals surface area contributed by atoms with Crippen LogP contribution >= 0.6 is 22.7 Å². The van der Waals surface area contributed by atoms with E-state index in [1.165, 1.54) is 11.3 Å². The van der Waals surface area contributed by atoms with Gasteiger partial charge in [-0.05, 0) is 39.0 Å². The Morgan fingerprint density at radius 1 is 1.10 bits per heavy atom. The van der Waals surface area contributed by atoms with Gasteiger partial charge in [0.15, 0.2) is 0 Å². The minimum atomic E-state index is -0.103.